The zero-order valence-corrected chi connectivity index (χ0v) is 22.5. The van der Waals surface area contributed by atoms with E-state index in [4.69, 9.17) is 19.4 Å². The Kier molecular flexibility index (Phi) is 10.5. The minimum Gasteiger partial charge on any atom is -0.471 e. The SMILES string of the molecule is CCCC(CC)Nc1cnc(OCc2ccc(C(C)C)nc2N(CCC)N2CCOCC2)c(C)n1. The Morgan fingerprint density at radius 2 is 1.89 bits per heavy atom. The summed E-state index contributed by atoms with van der Waals surface area (Å²) in [4.78, 5) is 14.4. The Morgan fingerprint density at radius 3 is 2.51 bits per heavy atom. The van der Waals surface area contributed by atoms with Gasteiger partial charge in [-0.2, -0.15) is 0 Å². The predicted octanol–water partition coefficient (Wildman–Crippen LogP) is 5.34. The molecule has 3 rings (SSSR count). The number of hydrogen-bond acceptors (Lipinski definition) is 8. The van der Waals surface area contributed by atoms with Crippen molar-refractivity contribution in [1.29, 1.82) is 0 Å². The van der Waals surface area contributed by atoms with Crippen molar-refractivity contribution < 1.29 is 9.47 Å². The van der Waals surface area contributed by atoms with Crippen LogP contribution in [0.25, 0.3) is 0 Å². The first-order valence-corrected chi connectivity index (χ1v) is 13.3. The van der Waals surface area contributed by atoms with E-state index in [1.165, 1.54) is 0 Å². The molecule has 8 nitrogen and oxygen atoms in total. The molecule has 35 heavy (non-hydrogen) atoms. The quantitative estimate of drug-likeness (QED) is 0.408. The van der Waals surface area contributed by atoms with Crippen LogP contribution < -0.4 is 15.1 Å². The molecular formula is C27H44N6O2. The maximum atomic E-state index is 6.20. The molecule has 1 atom stereocenters. The summed E-state index contributed by atoms with van der Waals surface area (Å²) in [5.74, 6) is 2.69. The summed E-state index contributed by atoms with van der Waals surface area (Å²) >= 11 is 0. The zero-order chi connectivity index (χ0) is 25.2. The van der Waals surface area contributed by atoms with Crippen molar-refractivity contribution in [2.24, 2.45) is 0 Å². The lowest BCUT2D eigenvalue weighted by atomic mass is 10.1. The number of aromatic nitrogens is 3. The van der Waals surface area contributed by atoms with Crippen molar-refractivity contribution >= 4 is 11.6 Å². The first-order chi connectivity index (χ1) is 17.0. The number of ether oxygens (including phenoxy) is 2. The summed E-state index contributed by atoms with van der Waals surface area (Å²) in [5, 5.41) is 8.17. The van der Waals surface area contributed by atoms with Crippen LogP contribution in [-0.2, 0) is 11.3 Å². The molecule has 194 valence electrons. The van der Waals surface area contributed by atoms with Crippen LogP contribution >= 0.6 is 0 Å². The van der Waals surface area contributed by atoms with E-state index in [1.807, 2.05) is 6.92 Å². The lowest BCUT2D eigenvalue weighted by molar-refractivity contribution is 0.0310. The van der Waals surface area contributed by atoms with Gasteiger partial charge in [-0.3, -0.25) is 5.01 Å². The first kappa shape index (κ1) is 27.1. The van der Waals surface area contributed by atoms with Gasteiger partial charge >= 0.3 is 0 Å². The highest BCUT2D eigenvalue weighted by atomic mass is 16.5. The van der Waals surface area contributed by atoms with Crippen molar-refractivity contribution in [3.05, 3.63) is 35.3 Å². The van der Waals surface area contributed by atoms with E-state index < -0.39 is 0 Å². The highest BCUT2D eigenvalue weighted by Gasteiger charge is 2.23. The summed E-state index contributed by atoms with van der Waals surface area (Å²) in [6, 6.07) is 4.68. The maximum Gasteiger partial charge on any atom is 0.235 e. The van der Waals surface area contributed by atoms with E-state index in [0.717, 1.165) is 87.1 Å². The molecule has 3 heterocycles. The minimum absolute atomic E-state index is 0.352. The van der Waals surface area contributed by atoms with Gasteiger partial charge in [0.25, 0.3) is 0 Å². The predicted molar refractivity (Wildman–Crippen MR) is 142 cm³/mol. The number of anilines is 2. The van der Waals surface area contributed by atoms with Gasteiger partial charge in [-0.15, -0.1) is 0 Å². The summed E-state index contributed by atoms with van der Waals surface area (Å²) < 4.78 is 11.8. The number of hydrogen-bond donors (Lipinski definition) is 1. The van der Waals surface area contributed by atoms with Gasteiger partial charge in [0.1, 0.15) is 23.9 Å². The van der Waals surface area contributed by atoms with Crippen LogP contribution in [-0.4, -0.2) is 58.9 Å². The van der Waals surface area contributed by atoms with E-state index >= 15 is 0 Å². The average Bonchev–Trinajstić information content (AvgIpc) is 2.87. The van der Waals surface area contributed by atoms with Crippen molar-refractivity contribution in [2.45, 2.75) is 85.8 Å². The molecule has 1 fully saturated rings. The molecule has 0 saturated carbocycles. The van der Waals surface area contributed by atoms with Crippen molar-refractivity contribution in [3.8, 4) is 5.88 Å². The molecule has 1 aliphatic rings. The van der Waals surface area contributed by atoms with Gasteiger partial charge in [-0.1, -0.05) is 47.1 Å². The van der Waals surface area contributed by atoms with E-state index in [0.29, 0.717) is 24.4 Å². The fourth-order valence-electron chi connectivity index (χ4n) is 4.30. The second-order valence-corrected chi connectivity index (χ2v) is 9.54. The largest absolute Gasteiger partial charge is 0.471 e. The van der Waals surface area contributed by atoms with Crippen LogP contribution in [0.2, 0.25) is 0 Å². The van der Waals surface area contributed by atoms with Crippen LogP contribution in [0.3, 0.4) is 0 Å². The Bertz CT molecular complexity index is 917. The third-order valence-electron chi connectivity index (χ3n) is 6.33. The number of nitrogens with one attached hydrogen (secondary N) is 1. The Hall–Kier alpha value is -2.45. The molecule has 0 aromatic carbocycles. The summed E-state index contributed by atoms with van der Waals surface area (Å²) in [6.45, 7) is 17.4. The number of aryl methyl sites for hydroxylation is 1. The average molecular weight is 485 g/mol. The van der Waals surface area contributed by atoms with E-state index in [9.17, 15) is 0 Å². The smallest absolute Gasteiger partial charge is 0.235 e. The molecule has 0 spiro atoms. The van der Waals surface area contributed by atoms with Crippen LogP contribution in [0.4, 0.5) is 11.6 Å². The highest BCUT2D eigenvalue weighted by Crippen LogP contribution is 2.26. The van der Waals surface area contributed by atoms with Crippen molar-refractivity contribution in [1.82, 2.24) is 20.0 Å². The van der Waals surface area contributed by atoms with E-state index in [2.05, 4.69) is 67.1 Å². The first-order valence-electron chi connectivity index (χ1n) is 13.3. The van der Waals surface area contributed by atoms with Crippen LogP contribution in [0.15, 0.2) is 18.3 Å². The van der Waals surface area contributed by atoms with Gasteiger partial charge in [0.15, 0.2) is 0 Å². The monoisotopic (exact) mass is 484 g/mol. The molecule has 8 heteroatoms. The Balaban J connectivity index is 1.80. The maximum absolute atomic E-state index is 6.20. The molecule has 1 N–H and O–H groups in total. The number of pyridine rings is 1. The van der Waals surface area contributed by atoms with Crippen LogP contribution in [0.5, 0.6) is 5.88 Å². The topological polar surface area (TPSA) is 75.6 Å². The fraction of sp³-hybridized carbons (Fsp3) is 0.667. The van der Waals surface area contributed by atoms with Gasteiger partial charge in [0, 0.05) is 36.9 Å². The van der Waals surface area contributed by atoms with Gasteiger partial charge in [0.05, 0.1) is 19.4 Å². The normalized spacial score (nSPS) is 15.3. The van der Waals surface area contributed by atoms with Gasteiger partial charge in [-0.05, 0) is 38.2 Å². The van der Waals surface area contributed by atoms with Gasteiger partial charge in [0.2, 0.25) is 5.88 Å². The summed E-state index contributed by atoms with van der Waals surface area (Å²) in [5.41, 5.74) is 2.92. The molecule has 0 amide bonds. The standard InChI is InChI=1S/C27H44N6O2/c1-7-10-23(9-3)30-25-18-28-27(21(6)29-25)35-19-22-11-12-24(20(4)5)31-26(22)33(13-8-2)32-14-16-34-17-15-32/h11-12,18,20,23H,7-10,13-17,19H2,1-6H3,(H,29,30). The molecule has 0 bridgehead atoms. The number of nitrogens with zero attached hydrogens (tertiary/aromatic N) is 5. The third kappa shape index (κ3) is 7.51. The van der Waals surface area contributed by atoms with Crippen molar-refractivity contribution in [2.75, 3.05) is 43.2 Å². The van der Waals surface area contributed by atoms with Crippen molar-refractivity contribution in [3.63, 3.8) is 0 Å². The molecule has 0 aliphatic carbocycles. The molecule has 1 unspecified atom stereocenters. The molecule has 0 radical (unpaired) electrons. The van der Waals surface area contributed by atoms with Gasteiger partial charge in [-0.25, -0.2) is 20.0 Å². The lowest BCUT2D eigenvalue weighted by Gasteiger charge is -2.39. The highest BCUT2D eigenvalue weighted by molar-refractivity contribution is 5.47. The molecule has 2 aromatic rings. The zero-order valence-electron chi connectivity index (χ0n) is 22.5. The summed E-state index contributed by atoms with van der Waals surface area (Å²) in [7, 11) is 0. The third-order valence-corrected chi connectivity index (χ3v) is 6.33. The second kappa shape index (κ2) is 13.6. The lowest BCUT2D eigenvalue weighted by Crippen LogP contribution is -2.50. The van der Waals surface area contributed by atoms with E-state index in [1.54, 1.807) is 6.20 Å². The van der Waals surface area contributed by atoms with Crippen LogP contribution in [0.1, 0.15) is 83.2 Å². The Labute approximate surface area is 211 Å². The summed E-state index contributed by atoms with van der Waals surface area (Å²) in [6.07, 6.45) is 6.13. The van der Waals surface area contributed by atoms with Crippen LogP contribution in [0, 0.1) is 6.92 Å². The number of hydrazine groups is 1. The second-order valence-electron chi connectivity index (χ2n) is 9.54. The minimum atomic E-state index is 0.352. The molecule has 1 saturated heterocycles. The van der Waals surface area contributed by atoms with E-state index in [-0.39, 0.29) is 0 Å². The number of rotatable bonds is 13. The fourth-order valence-corrected chi connectivity index (χ4v) is 4.30. The Morgan fingerprint density at radius 1 is 1.11 bits per heavy atom. The molecule has 1 aliphatic heterocycles. The molecular weight excluding hydrogens is 440 g/mol. The number of morpholine rings is 1. The molecule has 2 aromatic heterocycles. The van der Waals surface area contributed by atoms with Gasteiger partial charge < -0.3 is 14.8 Å².